The van der Waals surface area contributed by atoms with Crippen LogP contribution in [0.3, 0.4) is 0 Å². The third kappa shape index (κ3) is 6.31. The van der Waals surface area contributed by atoms with Gasteiger partial charge in [-0.15, -0.1) is 22.7 Å². The number of thiophene rings is 2. The van der Waals surface area contributed by atoms with Gasteiger partial charge >= 0.3 is 0 Å². The van der Waals surface area contributed by atoms with Crippen molar-refractivity contribution in [2.24, 2.45) is 4.99 Å². The second kappa shape index (κ2) is 13.6. The van der Waals surface area contributed by atoms with Crippen LogP contribution in [-0.2, 0) is 45.6 Å². The number of hydrogen-bond donors (Lipinski definition) is 1. The summed E-state index contributed by atoms with van der Waals surface area (Å²) in [6, 6.07) is 4.12. The van der Waals surface area contributed by atoms with Crippen molar-refractivity contribution < 1.29 is 13.8 Å². The van der Waals surface area contributed by atoms with E-state index in [-0.39, 0.29) is 0 Å². The van der Waals surface area contributed by atoms with Gasteiger partial charge in [0.2, 0.25) is 12.8 Å². The Labute approximate surface area is 303 Å². The van der Waals surface area contributed by atoms with Gasteiger partial charge in [-0.2, -0.15) is 9.97 Å². The Bertz CT molecular complexity index is 2380. The van der Waals surface area contributed by atoms with Crippen LogP contribution in [0.2, 0.25) is 5.15 Å². The molecule has 0 radical (unpaired) electrons. The molecule has 18 heteroatoms. The number of benzene rings is 1. The summed E-state index contributed by atoms with van der Waals surface area (Å²) in [7, 11) is 1.68. The first-order valence-corrected chi connectivity index (χ1v) is 18.2. The highest BCUT2D eigenvalue weighted by Crippen LogP contribution is 2.40. The molecule has 3 aliphatic heterocycles. The van der Waals surface area contributed by atoms with E-state index in [2.05, 4.69) is 66.4 Å². The average molecular weight is 741 g/mol. The molecule has 1 N–H and O–H groups in total. The van der Waals surface area contributed by atoms with Crippen molar-refractivity contribution in [1.29, 1.82) is 0 Å². The lowest BCUT2D eigenvalue weighted by molar-refractivity contribution is 0.239. The zero-order valence-electron chi connectivity index (χ0n) is 27.2. The van der Waals surface area contributed by atoms with Crippen LogP contribution < -0.4 is 10.1 Å². The zero-order valence-corrected chi connectivity index (χ0v) is 29.6. The summed E-state index contributed by atoms with van der Waals surface area (Å²) in [4.78, 5) is 39.3. The fourth-order valence-corrected chi connectivity index (χ4v) is 9.51. The summed E-state index contributed by atoms with van der Waals surface area (Å²) in [6.07, 6.45) is 9.63. The van der Waals surface area contributed by atoms with Gasteiger partial charge < -0.3 is 19.1 Å². The maximum atomic E-state index is 6.20. The van der Waals surface area contributed by atoms with Gasteiger partial charge in [-0.3, -0.25) is 14.8 Å². The first kappa shape index (κ1) is 32.0. The molecule has 258 valence electrons. The van der Waals surface area contributed by atoms with Gasteiger partial charge in [0, 0.05) is 42.1 Å². The molecule has 9 heterocycles. The first-order chi connectivity index (χ1) is 25.1. The van der Waals surface area contributed by atoms with Crippen molar-refractivity contribution in [2.75, 3.05) is 25.5 Å². The number of ether oxygens (including phenoxy) is 1. The largest absolute Gasteiger partial charge is 0.495 e. The lowest BCUT2D eigenvalue weighted by atomic mass is 10.0. The molecule has 0 spiro atoms. The number of hydrogen-bond acceptors (Lipinski definition) is 17. The Morgan fingerprint density at radius 3 is 2.12 bits per heavy atom. The lowest BCUT2D eigenvalue weighted by Gasteiger charge is -2.25. The molecule has 0 saturated carbocycles. The molecule has 0 atom stereocenters. The number of aromatic nitrogens is 8. The third-order valence-corrected chi connectivity index (χ3v) is 11.7. The molecule has 3 aliphatic rings. The van der Waals surface area contributed by atoms with E-state index in [4.69, 9.17) is 25.4 Å². The Morgan fingerprint density at radius 1 is 0.824 bits per heavy atom. The van der Waals surface area contributed by atoms with Gasteiger partial charge in [0.25, 0.3) is 0 Å². The van der Waals surface area contributed by atoms with Gasteiger partial charge in [0.1, 0.15) is 39.0 Å². The molecule has 0 amide bonds. The summed E-state index contributed by atoms with van der Waals surface area (Å²) in [5.41, 5.74) is 5.76. The summed E-state index contributed by atoms with van der Waals surface area (Å²) in [5.74, 6) is 3.01. The summed E-state index contributed by atoms with van der Waals surface area (Å²) in [5, 5.41) is 14.0. The first-order valence-electron chi connectivity index (χ1n) is 16.2. The number of anilines is 2. The number of methoxy groups -OCH3 is 1. The van der Waals surface area contributed by atoms with Crippen LogP contribution in [-0.4, -0.2) is 76.4 Å². The molecule has 15 nitrogen and oxygen atoms in total. The van der Waals surface area contributed by atoms with E-state index in [1.165, 1.54) is 45.6 Å². The minimum absolute atomic E-state index is 0.555. The molecule has 0 aliphatic carbocycles. The SMILES string of the molecule is COc1cc2c(cc1Nc1ncnc3sc4c(c13)CCN(Cc1ncon1)C4)C=NC2.Clc1ncnc2sc3c(c12)CCN(Cc1ncon1)C3. The van der Waals surface area contributed by atoms with Crippen LogP contribution in [0, 0.1) is 0 Å². The molecular weight excluding hydrogens is 712 g/mol. The highest BCUT2D eigenvalue weighted by Gasteiger charge is 2.26. The van der Waals surface area contributed by atoms with Crippen molar-refractivity contribution in [3.63, 3.8) is 0 Å². The molecule has 0 fully saturated rings. The van der Waals surface area contributed by atoms with Crippen molar-refractivity contribution in [2.45, 2.75) is 45.6 Å². The van der Waals surface area contributed by atoms with Crippen LogP contribution in [0.15, 0.2) is 51.6 Å². The van der Waals surface area contributed by atoms with Crippen molar-refractivity contribution >= 4 is 72.4 Å². The van der Waals surface area contributed by atoms with Crippen LogP contribution in [0.5, 0.6) is 5.75 Å². The maximum Gasteiger partial charge on any atom is 0.213 e. The molecule has 0 saturated heterocycles. The Kier molecular flexibility index (Phi) is 8.56. The van der Waals surface area contributed by atoms with E-state index < -0.39 is 0 Å². The van der Waals surface area contributed by atoms with Crippen molar-refractivity contribution in [1.82, 2.24) is 50.0 Å². The van der Waals surface area contributed by atoms with Crippen molar-refractivity contribution in [3.8, 4) is 5.75 Å². The predicted molar refractivity (Wildman–Crippen MR) is 192 cm³/mol. The van der Waals surface area contributed by atoms with E-state index in [1.54, 1.807) is 36.1 Å². The second-order valence-corrected chi connectivity index (χ2v) is 14.7. The van der Waals surface area contributed by atoms with E-state index in [0.29, 0.717) is 36.4 Å². The number of fused-ring (bicyclic) bond motifs is 7. The number of nitrogens with zero attached hydrogens (tertiary/aromatic N) is 11. The van der Waals surface area contributed by atoms with Crippen LogP contribution in [0.4, 0.5) is 11.5 Å². The number of nitrogens with one attached hydrogen (secondary N) is 1. The molecule has 7 aromatic rings. The van der Waals surface area contributed by atoms with Crippen LogP contribution >= 0.6 is 34.3 Å². The fourth-order valence-electron chi connectivity index (χ4n) is 6.74. The van der Waals surface area contributed by atoms with E-state index >= 15 is 0 Å². The van der Waals surface area contributed by atoms with Gasteiger partial charge in [0.05, 0.1) is 43.2 Å². The quantitative estimate of drug-likeness (QED) is 0.200. The average Bonchev–Trinajstić information content (AvgIpc) is 3.99. The maximum absolute atomic E-state index is 6.20. The third-order valence-electron chi connectivity index (χ3n) is 9.14. The molecule has 10 rings (SSSR count). The van der Waals surface area contributed by atoms with Gasteiger partial charge in [-0.25, -0.2) is 19.9 Å². The van der Waals surface area contributed by atoms with Crippen molar-refractivity contribution in [3.05, 3.63) is 86.4 Å². The summed E-state index contributed by atoms with van der Waals surface area (Å²) in [6.45, 7) is 5.63. The van der Waals surface area contributed by atoms with Crippen LogP contribution in [0.25, 0.3) is 20.4 Å². The number of halogens is 1. The fraction of sp³-hybridized carbons (Fsp3) is 0.303. The molecule has 1 aromatic carbocycles. The van der Waals surface area contributed by atoms with E-state index in [9.17, 15) is 0 Å². The topological polar surface area (TPSA) is 170 Å². The van der Waals surface area contributed by atoms with Gasteiger partial charge in [-0.1, -0.05) is 21.9 Å². The normalized spacial score (nSPS) is 15.4. The lowest BCUT2D eigenvalue weighted by Crippen LogP contribution is -2.29. The summed E-state index contributed by atoms with van der Waals surface area (Å²) >= 11 is 9.61. The van der Waals surface area contributed by atoms with E-state index in [0.717, 1.165) is 82.3 Å². The van der Waals surface area contributed by atoms with Gasteiger partial charge in [-0.05, 0) is 47.2 Å². The highest BCUT2D eigenvalue weighted by molar-refractivity contribution is 7.19. The van der Waals surface area contributed by atoms with E-state index in [1.807, 2.05) is 12.3 Å². The minimum Gasteiger partial charge on any atom is -0.495 e. The molecule has 0 unspecified atom stereocenters. The molecule has 6 aromatic heterocycles. The predicted octanol–water partition coefficient (Wildman–Crippen LogP) is 5.60. The van der Waals surface area contributed by atoms with Crippen LogP contribution in [0.1, 0.15) is 43.7 Å². The Balaban J connectivity index is 0.000000150. The smallest absolute Gasteiger partial charge is 0.213 e. The molecule has 0 bridgehead atoms. The summed E-state index contributed by atoms with van der Waals surface area (Å²) < 4.78 is 15.3. The number of aliphatic imine (C=N–C) groups is 1. The second-order valence-electron chi connectivity index (χ2n) is 12.2. The zero-order chi connectivity index (χ0) is 34.3. The Hall–Kier alpha value is -4.94. The molecule has 51 heavy (non-hydrogen) atoms. The number of rotatable bonds is 7. The monoisotopic (exact) mass is 740 g/mol. The highest BCUT2D eigenvalue weighted by atomic mass is 35.5. The minimum atomic E-state index is 0.555. The Morgan fingerprint density at radius 2 is 1.47 bits per heavy atom. The molecular formula is C33H29ClN12O3S2. The van der Waals surface area contributed by atoms with Gasteiger partial charge in [0.15, 0.2) is 11.6 Å². The standard InChI is InChI=1S/C21H19N7O2S.C12H10ClN5OS/c1-29-16-5-13-7-22-6-12(13)4-15(16)26-20-19-14-2-3-28(9-18-25-11-30-27-18)8-17(14)31-21(19)24-10-23-20;13-11-10-7-1-2-18(4-9-16-6-19-17-9)3-8(7)20-12(10)15-5-14-11/h4-6,10-11H,2-3,7-9H2,1H3,(H,23,24,26);5-6H,1-4H2.